The molecule has 0 unspecified atom stereocenters. The molecular weight excluding hydrogens is 340 g/mol. The minimum atomic E-state index is -0.104. The molecule has 1 aliphatic rings. The van der Waals surface area contributed by atoms with Crippen LogP contribution in [0.1, 0.15) is 21.6 Å². The lowest BCUT2D eigenvalue weighted by atomic mass is 10.1. The third kappa shape index (κ3) is 2.85. The molecule has 0 bridgehead atoms. The molecule has 6 nitrogen and oxygen atoms in total. The second kappa shape index (κ2) is 6.22. The average molecular weight is 355 g/mol. The summed E-state index contributed by atoms with van der Waals surface area (Å²) in [6, 6.07) is 12.2. The number of amides is 1. The molecular formula is C18H15ClN4O2. The molecule has 0 saturated carbocycles. The van der Waals surface area contributed by atoms with E-state index >= 15 is 0 Å². The molecule has 4 rings (SSSR count). The van der Waals surface area contributed by atoms with Gasteiger partial charge in [0.2, 0.25) is 0 Å². The zero-order valence-electron chi connectivity index (χ0n) is 13.3. The molecule has 25 heavy (non-hydrogen) atoms. The van der Waals surface area contributed by atoms with Crippen LogP contribution < -0.4 is 5.56 Å². The molecule has 0 atom stereocenters. The number of carbonyl (C=O) groups is 1. The molecule has 0 radical (unpaired) electrons. The van der Waals surface area contributed by atoms with Crippen LogP contribution in [0, 0.1) is 0 Å². The zero-order chi connectivity index (χ0) is 17.4. The highest BCUT2D eigenvalue weighted by atomic mass is 35.5. The van der Waals surface area contributed by atoms with Crippen molar-refractivity contribution in [3.8, 4) is 5.82 Å². The molecule has 0 spiro atoms. The summed E-state index contributed by atoms with van der Waals surface area (Å²) in [5, 5.41) is 3.68. The highest BCUT2D eigenvalue weighted by Crippen LogP contribution is 2.19. The number of benzene rings is 1. The molecule has 126 valence electrons. The van der Waals surface area contributed by atoms with Crippen LogP contribution in [0.2, 0.25) is 5.02 Å². The number of fused-ring (bicyclic) bond motifs is 1. The van der Waals surface area contributed by atoms with E-state index in [4.69, 9.17) is 11.6 Å². The molecule has 0 fully saturated rings. The van der Waals surface area contributed by atoms with Gasteiger partial charge in [-0.1, -0.05) is 17.7 Å². The number of H-pyrrole nitrogens is 1. The van der Waals surface area contributed by atoms with Crippen molar-refractivity contribution in [1.82, 2.24) is 19.7 Å². The fraction of sp³-hybridized carbons (Fsp3) is 0.167. The van der Waals surface area contributed by atoms with Crippen molar-refractivity contribution in [1.29, 1.82) is 0 Å². The van der Waals surface area contributed by atoms with Gasteiger partial charge in [-0.15, -0.1) is 0 Å². The SMILES string of the molecule is O=C(c1ccc(Cl)cc1)N1CCc2c([nH]n(-c3ccccn3)c2=O)C1. The molecule has 2 aromatic heterocycles. The Morgan fingerprint density at radius 3 is 2.68 bits per heavy atom. The lowest BCUT2D eigenvalue weighted by molar-refractivity contribution is 0.0732. The fourth-order valence-electron chi connectivity index (χ4n) is 3.02. The number of pyridine rings is 1. The number of rotatable bonds is 2. The first-order valence-electron chi connectivity index (χ1n) is 7.92. The first-order valence-corrected chi connectivity index (χ1v) is 8.30. The van der Waals surface area contributed by atoms with Crippen LogP contribution in [0.4, 0.5) is 0 Å². The summed E-state index contributed by atoms with van der Waals surface area (Å²) in [4.78, 5) is 31.2. The second-order valence-electron chi connectivity index (χ2n) is 5.88. The van der Waals surface area contributed by atoms with E-state index in [0.29, 0.717) is 41.5 Å². The summed E-state index contributed by atoms with van der Waals surface area (Å²) in [6.45, 7) is 0.871. The number of nitrogens with one attached hydrogen (secondary N) is 1. The lowest BCUT2D eigenvalue weighted by Gasteiger charge is -2.26. The Hall–Kier alpha value is -2.86. The van der Waals surface area contributed by atoms with Gasteiger partial charge in [0.15, 0.2) is 5.82 Å². The van der Waals surface area contributed by atoms with Crippen LogP contribution in [-0.4, -0.2) is 32.1 Å². The largest absolute Gasteiger partial charge is 0.332 e. The summed E-state index contributed by atoms with van der Waals surface area (Å²) >= 11 is 5.87. The van der Waals surface area contributed by atoms with Gasteiger partial charge in [0.1, 0.15) is 0 Å². The summed E-state index contributed by atoms with van der Waals surface area (Å²) in [5.74, 6) is 0.464. The Kier molecular flexibility index (Phi) is 3.89. The predicted octanol–water partition coefficient (Wildman–Crippen LogP) is 2.41. The predicted molar refractivity (Wildman–Crippen MR) is 94.1 cm³/mol. The molecule has 1 amide bonds. The number of aromatic nitrogens is 3. The maximum absolute atomic E-state index is 12.7. The van der Waals surface area contributed by atoms with Crippen molar-refractivity contribution in [2.24, 2.45) is 0 Å². The van der Waals surface area contributed by atoms with Crippen molar-refractivity contribution < 1.29 is 4.79 Å². The van der Waals surface area contributed by atoms with E-state index in [1.54, 1.807) is 47.5 Å². The van der Waals surface area contributed by atoms with Gasteiger partial charge < -0.3 is 4.90 Å². The first-order chi connectivity index (χ1) is 12.1. The normalized spacial score (nSPS) is 13.6. The van der Waals surface area contributed by atoms with E-state index in [0.717, 1.165) is 5.69 Å². The van der Waals surface area contributed by atoms with E-state index in [2.05, 4.69) is 10.1 Å². The van der Waals surface area contributed by atoms with E-state index in [1.807, 2.05) is 6.07 Å². The monoisotopic (exact) mass is 354 g/mol. The third-order valence-corrected chi connectivity index (χ3v) is 4.56. The minimum absolute atomic E-state index is 0.0752. The van der Waals surface area contributed by atoms with Crippen LogP contribution in [-0.2, 0) is 13.0 Å². The molecule has 3 aromatic rings. The van der Waals surface area contributed by atoms with Crippen LogP contribution in [0.3, 0.4) is 0 Å². The van der Waals surface area contributed by atoms with Crippen molar-refractivity contribution in [3.05, 3.63) is 80.9 Å². The van der Waals surface area contributed by atoms with Gasteiger partial charge in [-0.05, 0) is 42.8 Å². The lowest BCUT2D eigenvalue weighted by Crippen LogP contribution is -2.37. The number of halogens is 1. The molecule has 1 aromatic carbocycles. The zero-order valence-corrected chi connectivity index (χ0v) is 14.0. The van der Waals surface area contributed by atoms with Crippen molar-refractivity contribution >= 4 is 17.5 Å². The van der Waals surface area contributed by atoms with E-state index in [9.17, 15) is 9.59 Å². The summed E-state index contributed by atoms with van der Waals surface area (Å²) in [7, 11) is 0. The third-order valence-electron chi connectivity index (χ3n) is 4.31. The Bertz CT molecular complexity index is 977. The Morgan fingerprint density at radius 1 is 1.16 bits per heavy atom. The van der Waals surface area contributed by atoms with Gasteiger partial charge in [-0.2, -0.15) is 0 Å². The average Bonchev–Trinajstić information content (AvgIpc) is 2.99. The smallest absolute Gasteiger partial charge is 0.276 e. The standard InChI is InChI=1S/C18H15ClN4O2/c19-13-6-4-12(5-7-13)17(24)22-10-8-14-15(11-22)21-23(18(14)25)16-3-1-2-9-20-16/h1-7,9,21H,8,10-11H2. The quantitative estimate of drug-likeness (QED) is 0.768. The molecule has 1 N–H and O–H groups in total. The number of hydrogen-bond donors (Lipinski definition) is 1. The Balaban J connectivity index is 1.62. The Labute approximate surface area is 148 Å². The van der Waals surface area contributed by atoms with E-state index < -0.39 is 0 Å². The van der Waals surface area contributed by atoms with Crippen molar-refractivity contribution in [3.63, 3.8) is 0 Å². The maximum atomic E-state index is 12.7. The van der Waals surface area contributed by atoms with E-state index in [1.165, 1.54) is 4.68 Å². The summed E-state index contributed by atoms with van der Waals surface area (Å²) < 4.78 is 1.43. The molecule has 0 aliphatic carbocycles. The number of aromatic amines is 1. The molecule has 1 aliphatic heterocycles. The van der Waals surface area contributed by atoms with Crippen LogP contribution in [0.15, 0.2) is 53.5 Å². The molecule has 3 heterocycles. The van der Waals surface area contributed by atoms with E-state index in [-0.39, 0.29) is 11.5 Å². The minimum Gasteiger partial charge on any atom is -0.332 e. The van der Waals surface area contributed by atoms with Crippen LogP contribution in [0.25, 0.3) is 5.82 Å². The maximum Gasteiger partial charge on any atom is 0.276 e. The highest BCUT2D eigenvalue weighted by Gasteiger charge is 2.26. The van der Waals surface area contributed by atoms with Gasteiger partial charge in [-0.25, -0.2) is 9.67 Å². The summed E-state index contributed by atoms with van der Waals surface area (Å²) in [6.07, 6.45) is 2.15. The first kappa shape index (κ1) is 15.7. The highest BCUT2D eigenvalue weighted by molar-refractivity contribution is 6.30. The Morgan fingerprint density at radius 2 is 1.96 bits per heavy atom. The second-order valence-corrected chi connectivity index (χ2v) is 6.32. The number of nitrogens with zero attached hydrogens (tertiary/aromatic N) is 3. The van der Waals surface area contributed by atoms with Gasteiger partial charge in [0, 0.05) is 28.9 Å². The number of hydrogen-bond acceptors (Lipinski definition) is 3. The van der Waals surface area contributed by atoms with Gasteiger partial charge in [-0.3, -0.25) is 14.7 Å². The van der Waals surface area contributed by atoms with Crippen molar-refractivity contribution in [2.75, 3.05) is 6.54 Å². The van der Waals surface area contributed by atoms with Crippen molar-refractivity contribution in [2.45, 2.75) is 13.0 Å². The summed E-state index contributed by atoms with van der Waals surface area (Å²) in [5.41, 5.74) is 1.95. The molecule has 0 saturated heterocycles. The fourth-order valence-corrected chi connectivity index (χ4v) is 3.14. The van der Waals surface area contributed by atoms with Gasteiger partial charge in [0.05, 0.1) is 12.2 Å². The van der Waals surface area contributed by atoms with Gasteiger partial charge >= 0.3 is 0 Å². The van der Waals surface area contributed by atoms with Crippen LogP contribution >= 0.6 is 11.6 Å². The number of carbonyl (C=O) groups excluding carboxylic acids is 1. The topological polar surface area (TPSA) is 71.0 Å². The van der Waals surface area contributed by atoms with Gasteiger partial charge in [0.25, 0.3) is 11.5 Å². The molecule has 7 heteroatoms. The van der Waals surface area contributed by atoms with Crippen LogP contribution in [0.5, 0.6) is 0 Å².